The highest BCUT2D eigenvalue weighted by atomic mass is 19.3. The molecule has 0 aromatic heterocycles. The minimum atomic E-state index is -3.22. The van der Waals surface area contributed by atoms with Gasteiger partial charge < -0.3 is 36.1 Å². The molecule has 5 N–H and O–H groups in total. The number of carbonyl (C=O) groups excluding carboxylic acids is 4. The van der Waals surface area contributed by atoms with Gasteiger partial charge in [0.25, 0.3) is 11.8 Å². The molecule has 2 fully saturated rings. The van der Waals surface area contributed by atoms with Gasteiger partial charge in [-0.2, -0.15) is 8.78 Å². The van der Waals surface area contributed by atoms with E-state index in [1.807, 2.05) is 0 Å². The van der Waals surface area contributed by atoms with Crippen molar-refractivity contribution in [3.8, 4) is 5.75 Å². The Bertz CT molecular complexity index is 895. The Morgan fingerprint density at radius 3 is 2.59 bits per heavy atom. The van der Waals surface area contributed by atoms with E-state index >= 15 is 0 Å². The van der Waals surface area contributed by atoms with Gasteiger partial charge in [-0.3, -0.25) is 14.4 Å². The van der Waals surface area contributed by atoms with Crippen molar-refractivity contribution in [3.05, 3.63) is 18.2 Å². The molecule has 1 aromatic rings. The maximum Gasteiger partial charge on any atom is 0.387 e. The number of anilines is 2. The van der Waals surface area contributed by atoms with Gasteiger partial charge in [0.1, 0.15) is 6.61 Å². The van der Waals surface area contributed by atoms with E-state index in [9.17, 15) is 28.0 Å². The summed E-state index contributed by atoms with van der Waals surface area (Å²) in [6.45, 7) is -2.90. The molecule has 0 unspecified atom stereocenters. The zero-order valence-corrected chi connectivity index (χ0v) is 16.9. The van der Waals surface area contributed by atoms with Gasteiger partial charge >= 0.3 is 12.6 Å². The first kappa shape index (κ1) is 23.2. The molecule has 1 aliphatic carbocycles. The minimum absolute atomic E-state index is 0.0481. The third-order valence-electron chi connectivity index (χ3n) is 5.00. The number of rotatable bonds is 8. The Hall–Kier alpha value is -3.48. The second kappa shape index (κ2) is 10.2. The van der Waals surface area contributed by atoms with Crippen LogP contribution in [0.3, 0.4) is 0 Å². The molecule has 32 heavy (non-hydrogen) atoms. The number of nitrogens with two attached hydrogens (primary N) is 1. The summed E-state index contributed by atoms with van der Waals surface area (Å²) >= 11 is 0. The summed E-state index contributed by atoms with van der Waals surface area (Å²) in [5.41, 5.74) is 5.28. The number of benzene rings is 1. The standard InChI is InChI=1S/C19H23F2N5O6/c20-18(21)32-13-8-11(26-6-7-31-9-14(26)27)4-5-12(13)24-17(29)15(16(22)28)25-19(30)23-10-2-1-3-10/h4-5,8,10,15,18H,1-3,6-7,9H2,(H2,22,28)(H,24,29)(H2,23,25,30)/t15-/m1/s1. The number of amides is 5. The van der Waals surface area contributed by atoms with Crippen LogP contribution < -0.4 is 31.3 Å². The highest BCUT2D eigenvalue weighted by molar-refractivity contribution is 6.12. The lowest BCUT2D eigenvalue weighted by atomic mass is 9.93. The van der Waals surface area contributed by atoms with Gasteiger partial charge in [0, 0.05) is 24.3 Å². The van der Waals surface area contributed by atoms with Crippen molar-refractivity contribution in [2.75, 3.05) is 30.0 Å². The Morgan fingerprint density at radius 1 is 1.25 bits per heavy atom. The van der Waals surface area contributed by atoms with Crippen LogP contribution in [0.1, 0.15) is 19.3 Å². The number of halogens is 2. The van der Waals surface area contributed by atoms with E-state index in [2.05, 4.69) is 20.7 Å². The smallest absolute Gasteiger partial charge is 0.387 e. The van der Waals surface area contributed by atoms with E-state index in [1.165, 1.54) is 17.0 Å². The maximum absolute atomic E-state index is 12.9. The number of hydrogen-bond donors (Lipinski definition) is 4. The van der Waals surface area contributed by atoms with E-state index in [0.29, 0.717) is 0 Å². The van der Waals surface area contributed by atoms with Crippen molar-refractivity contribution in [1.29, 1.82) is 0 Å². The third-order valence-corrected chi connectivity index (χ3v) is 5.00. The Kier molecular flexibility index (Phi) is 7.41. The van der Waals surface area contributed by atoms with Crippen LogP contribution in [0.5, 0.6) is 5.75 Å². The molecule has 3 rings (SSSR count). The fourth-order valence-corrected chi connectivity index (χ4v) is 3.15. The average Bonchev–Trinajstić information content (AvgIpc) is 2.70. The molecule has 0 bridgehead atoms. The number of urea groups is 1. The molecule has 1 saturated heterocycles. The number of carbonyl (C=O) groups is 4. The summed E-state index contributed by atoms with van der Waals surface area (Å²) < 4.78 is 35.4. The predicted molar refractivity (Wildman–Crippen MR) is 107 cm³/mol. The van der Waals surface area contributed by atoms with Gasteiger partial charge in [-0.15, -0.1) is 0 Å². The molecule has 1 heterocycles. The molecule has 11 nitrogen and oxygen atoms in total. The Labute approximate surface area is 181 Å². The van der Waals surface area contributed by atoms with Crippen molar-refractivity contribution in [3.63, 3.8) is 0 Å². The number of primary amides is 1. The molecule has 1 atom stereocenters. The maximum atomic E-state index is 12.9. The van der Waals surface area contributed by atoms with E-state index in [-0.39, 0.29) is 43.1 Å². The second-order valence-corrected chi connectivity index (χ2v) is 7.23. The molecule has 5 amide bonds. The fourth-order valence-electron chi connectivity index (χ4n) is 3.15. The van der Waals surface area contributed by atoms with E-state index in [1.54, 1.807) is 0 Å². The zero-order chi connectivity index (χ0) is 23.3. The highest BCUT2D eigenvalue weighted by Crippen LogP contribution is 2.32. The van der Waals surface area contributed by atoms with Crippen LogP contribution in [0, 0.1) is 0 Å². The number of alkyl halides is 2. The van der Waals surface area contributed by atoms with Crippen molar-refractivity contribution in [2.45, 2.75) is 38.0 Å². The summed E-state index contributed by atoms with van der Waals surface area (Å²) in [6, 6.07) is 1.25. The monoisotopic (exact) mass is 455 g/mol. The summed E-state index contributed by atoms with van der Waals surface area (Å²) in [5, 5.41) is 7.03. The average molecular weight is 455 g/mol. The first-order valence-corrected chi connectivity index (χ1v) is 9.89. The molecule has 0 spiro atoms. The number of hydrogen-bond acceptors (Lipinski definition) is 6. The number of nitrogens with one attached hydrogen (secondary N) is 3. The molecule has 13 heteroatoms. The van der Waals surface area contributed by atoms with Crippen molar-refractivity contribution in [1.82, 2.24) is 10.6 Å². The van der Waals surface area contributed by atoms with Gasteiger partial charge in [-0.1, -0.05) is 0 Å². The topological polar surface area (TPSA) is 152 Å². The largest absolute Gasteiger partial charge is 0.433 e. The third kappa shape index (κ3) is 5.81. The summed E-state index contributed by atoms with van der Waals surface area (Å²) in [7, 11) is 0. The van der Waals surface area contributed by atoms with Crippen LogP contribution in [0.4, 0.5) is 25.0 Å². The number of morpholine rings is 1. The SMILES string of the molecule is NC(=O)[C@@H](NC(=O)NC1CCC1)C(=O)Nc1ccc(N2CCOCC2=O)cc1OC(F)F. The van der Waals surface area contributed by atoms with Crippen LogP contribution in [-0.2, 0) is 19.1 Å². The molecule has 2 aliphatic rings. The number of nitrogens with zero attached hydrogens (tertiary/aromatic N) is 1. The Balaban J connectivity index is 1.75. The minimum Gasteiger partial charge on any atom is -0.433 e. The summed E-state index contributed by atoms with van der Waals surface area (Å²) in [5.74, 6) is -2.99. The first-order chi connectivity index (χ1) is 15.2. The highest BCUT2D eigenvalue weighted by Gasteiger charge is 2.29. The van der Waals surface area contributed by atoms with Crippen LogP contribution in [0.15, 0.2) is 18.2 Å². The molecule has 1 saturated carbocycles. The van der Waals surface area contributed by atoms with Gasteiger partial charge in [0.2, 0.25) is 5.91 Å². The lowest BCUT2D eigenvalue weighted by Crippen LogP contribution is -2.56. The van der Waals surface area contributed by atoms with Crippen LogP contribution in [-0.4, -0.2) is 62.2 Å². The van der Waals surface area contributed by atoms with Crippen molar-refractivity contribution in [2.24, 2.45) is 5.73 Å². The Morgan fingerprint density at radius 2 is 2.00 bits per heavy atom. The second-order valence-electron chi connectivity index (χ2n) is 7.23. The molecule has 174 valence electrons. The van der Waals surface area contributed by atoms with Crippen molar-refractivity contribution >= 4 is 35.1 Å². The van der Waals surface area contributed by atoms with Crippen LogP contribution >= 0.6 is 0 Å². The predicted octanol–water partition coefficient (Wildman–Crippen LogP) is 0.295. The molecular weight excluding hydrogens is 432 g/mol. The van der Waals surface area contributed by atoms with Gasteiger partial charge in [-0.05, 0) is 31.4 Å². The lowest BCUT2D eigenvalue weighted by molar-refractivity contribution is -0.128. The van der Waals surface area contributed by atoms with E-state index in [4.69, 9.17) is 10.5 Å². The van der Waals surface area contributed by atoms with Gasteiger partial charge in [0.05, 0.1) is 12.3 Å². The van der Waals surface area contributed by atoms with Crippen molar-refractivity contribution < 1.29 is 37.4 Å². The summed E-state index contributed by atoms with van der Waals surface area (Å²) in [6.07, 6.45) is 2.53. The molecule has 1 aromatic carbocycles. The quantitative estimate of drug-likeness (QED) is 0.414. The number of ether oxygens (including phenoxy) is 2. The normalized spacial score (nSPS) is 17.3. The lowest BCUT2D eigenvalue weighted by Gasteiger charge is -2.28. The molecular formula is C19H23F2N5O6. The summed E-state index contributed by atoms with van der Waals surface area (Å²) in [4.78, 5) is 49.6. The van der Waals surface area contributed by atoms with Crippen LogP contribution in [0.25, 0.3) is 0 Å². The van der Waals surface area contributed by atoms with Crippen LogP contribution in [0.2, 0.25) is 0 Å². The fraction of sp³-hybridized carbons (Fsp3) is 0.474. The zero-order valence-electron chi connectivity index (χ0n) is 16.9. The van der Waals surface area contributed by atoms with E-state index < -0.39 is 36.2 Å². The van der Waals surface area contributed by atoms with Gasteiger partial charge in [0.15, 0.2) is 11.8 Å². The van der Waals surface area contributed by atoms with Gasteiger partial charge in [-0.25, -0.2) is 4.79 Å². The van der Waals surface area contributed by atoms with E-state index in [0.717, 1.165) is 25.3 Å². The molecule has 0 radical (unpaired) electrons. The molecule has 1 aliphatic heterocycles. The first-order valence-electron chi connectivity index (χ1n) is 9.89.